The van der Waals surface area contributed by atoms with Gasteiger partial charge < -0.3 is 15.6 Å². The van der Waals surface area contributed by atoms with Crippen LogP contribution < -0.4 is 10.5 Å². The fourth-order valence-corrected chi connectivity index (χ4v) is 1.43. The topological polar surface area (TPSA) is 55.5 Å². The SMILES string of the molecule is N[C@H](CCCO)c1ccc(OC(F)(F)F)c(F)c1. The lowest BCUT2D eigenvalue weighted by Crippen LogP contribution is -2.18. The molecule has 3 N–H and O–H groups in total. The van der Waals surface area contributed by atoms with Gasteiger partial charge in [0, 0.05) is 12.6 Å². The number of halogens is 4. The van der Waals surface area contributed by atoms with Crippen LogP contribution in [-0.2, 0) is 0 Å². The summed E-state index contributed by atoms with van der Waals surface area (Å²) >= 11 is 0. The molecule has 0 aliphatic heterocycles. The van der Waals surface area contributed by atoms with Crippen LogP contribution >= 0.6 is 0 Å². The molecule has 0 saturated heterocycles. The van der Waals surface area contributed by atoms with Gasteiger partial charge in [-0.15, -0.1) is 13.2 Å². The minimum Gasteiger partial charge on any atom is -0.403 e. The van der Waals surface area contributed by atoms with Gasteiger partial charge in [-0.3, -0.25) is 0 Å². The van der Waals surface area contributed by atoms with Crippen LogP contribution in [0, 0.1) is 5.82 Å². The number of benzene rings is 1. The third kappa shape index (κ3) is 4.50. The number of alkyl halides is 3. The van der Waals surface area contributed by atoms with Gasteiger partial charge in [-0.25, -0.2) is 4.39 Å². The van der Waals surface area contributed by atoms with E-state index in [9.17, 15) is 17.6 Å². The van der Waals surface area contributed by atoms with E-state index in [0.29, 0.717) is 18.4 Å². The Hall–Kier alpha value is -1.34. The molecule has 3 nitrogen and oxygen atoms in total. The molecule has 0 bridgehead atoms. The number of nitrogens with two attached hydrogens (primary N) is 1. The van der Waals surface area contributed by atoms with Crippen molar-refractivity contribution in [3.05, 3.63) is 29.6 Å². The molecule has 0 saturated carbocycles. The Balaban J connectivity index is 2.79. The molecule has 102 valence electrons. The molecule has 0 unspecified atom stereocenters. The normalized spacial score (nSPS) is 13.4. The van der Waals surface area contributed by atoms with Crippen molar-refractivity contribution >= 4 is 0 Å². The summed E-state index contributed by atoms with van der Waals surface area (Å²) in [4.78, 5) is 0. The molecule has 0 heterocycles. The van der Waals surface area contributed by atoms with Crippen LogP contribution in [0.3, 0.4) is 0 Å². The minimum atomic E-state index is -4.93. The summed E-state index contributed by atoms with van der Waals surface area (Å²) in [6, 6.07) is 2.53. The Morgan fingerprint density at radius 1 is 1.33 bits per heavy atom. The standard InChI is InChI=1S/C11H13F4NO2/c12-8-6-7(9(16)2-1-5-17)3-4-10(8)18-11(13,14)15/h3-4,6,9,17H,1-2,5,16H2/t9-/m1/s1. The van der Waals surface area contributed by atoms with Crippen molar-refractivity contribution in [2.75, 3.05) is 6.61 Å². The van der Waals surface area contributed by atoms with Crippen LogP contribution in [0.2, 0.25) is 0 Å². The second-order valence-electron chi connectivity index (χ2n) is 3.71. The number of aliphatic hydroxyl groups is 1. The molecule has 0 fully saturated rings. The van der Waals surface area contributed by atoms with Gasteiger partial charge in [0.25, 0.3) is 0 Å². The summed E-state index contributed by atoms with van der Waals surface area (Å²) in [5, 5.41) is 8.61. The molecular weight excluding hydrogens is 254 g/mol. The van der Waals surface area contributed by atoms with Gasteiger partial charge in [0.2, 0.25) is 0 Å². The molecule has 0 amide bonds. The number of ether oxygens (including phenoxy) is 1. The summed E-state index contributed by atoms with van der Waals surface area (Å²) in [5.41, 5.74) is 6.04. The summed E-state index contributed by atoms with van der Waals surface area (Å²) in [7, 11) is 0. The van der Waals surface area contributed by atoms with Crippen LogP contribution in [-0.4, -0.2) is 18.1 Å². The fourth-order valence-electron chi connectivity index (χ4n) is 1.43. The van der Waals surface area contributed by atoms with Crippen LogP contribution in [0.25, 0.3) is 0 Å². The van der Waals surface area contributed by atoms with E-state index in [1.807, 2.05) is 0 Å². The average molecular weight is 267 g/mol. The fraction of sp³-hybridized carbons (Fsp3) is 0.455. The first kappa shape index (κ1) is 14.7. The molecular formula is C11H13F4NO2. The second-order valence-corrected chi connectivity index (χ2v) is 3.71. The molecule has 18 heavy (non-hydrogen) atoms. The van der Waals surface area contributed by atoms with Gasteiger partial charge >= 0.3 is 6.36 Å². The Morgan fingerprint density at radius 3 is 2.50 bits per heavy atom. The lowest BCUT2D eigenvalue weighted by Gasteiger charge is -2.14. The quantitative estimate of drug-likeness (QED) is 0.806. The van der Waals surface area contributed by atoms with Crippen molar-refractivity contribution in [3.63, 3.8) is 0 Å². The molecule has 0 aliphatic rings. The molecule has 0 aromatic heterocycles. The van der Waals surface area contributed by atoms with Crippen molar-refractivity contribution in [2.24, 2.45) is 5.73 Å². The van der Waals surface area contributed by atoms with Gasteiger partial charge in [0.1, 0.15) is 0 Å². The van der Waals surface area contributed by atoms with Gasteiger partial charge in [0.15, 0.2) is 11.6 Å². The summed E-state index contributed by atoms with van der Waals surface area (Å²) in [6.07, 6.45) is -4.08. The van der Waals surface area contributed by atoms with E-state index in [0.717, 1.165) is 12.1 Å². The molecule has 0 aliphatic carbocycles. The monoisotopic (exact) mass is 267 g/mol. The third-order valence-corrected chi connectivity index (χ3v) is 2.28. The molecule has 1 rings (SSSR count). The van der Waals surface area contributed by atoms with Gasteiger partial charge in [-0.05, 0) is 30.5 Å². The van der Waals surface area contributed by atoms with E-state index in [1.54, 1.807) is 0 Å². The predicted octanol–water partition coefficient (Wildman–Crippen LogP) is 2.50. The molecule has 7 heteroatoms. The van der Waals surface area contributed by atoms with Gasteiger partial charge in [0.05, 0.1) is 0 Å². The lowest BCUT2D eigenvalue weighted by molar-refractivity contribution is -0.275. The van der Waals surface area contributed by atoms with Crippen LogP contribution in [0.4, 0.5) is 17.6 Å². The highest BCUT2D eigenvalue weighted by Gasteiger charge is 2.32. The van der Waals surface area contributed by atoms with Gasteiger partial charge in [-0.1, -0.05) is 6.07 Å². The maximum atomic E-state index is 13.3. The minimum absolute atomic E-state index is 0.0501. The number of hydrogen-bond donors (Lipinski definition) is 2. The highest BCUT2D eigenvalue weighted by Crippen LogP contribution is 2.28. The zero-order valence-corrected chi connectivity index (χ0v) is 9.38. The van der Waals surface area contributed by atoms with Crippen LogP contribution in [0.1, 0.15) is 24.4 Å². The molecule has 1 atom stereocenters. The Kier molecular flexibility index (Phi) is 4.92. The second kappa shape index (κ2) is 6.01. The zero-order valence-electron chi connectivity index (χ0n) is 9.38. The maximum Gasteiger partial charge on any atom is 0.573 e. The van der Waals surface area contributed by atoms with Crippen molar-refractivity contribution < 1.29 is 27.4 Å². The van der Waals surface area contributed by atoms with Crippen molar-refractivity contribution in [1.29, 1.82) is 0 Å². The van der Waals surface area contributed by atoms with Gasteiger partial charge in [-0.2, -0.15) is 0 Å². The number of hydrogen-bond acceptors (Lipinski definition) is 3. The number of aliphatic hydroxyl groups excluding tert-OH is 1. The maximum absolute atomic E-state index is 13.3. The molecule has 0 spiro atoms. The molecule has 1 aromatic rings. The van der Waals surface area contributed by atoms with Crippen LogP contribution in [0.15, 0.2) is 18.2 Å². The number of rotatable bonds is 5. The van der Waals surface area contributed by atoms with Crippen molar-refractivity contribution in [3.8, 4) is 5.75 Å². The average Bonchev–Trinajstić information content (AvgIpc) is 2.27. The summed E-state index contributed by atoms with van der Waals surface area (Å²) in [6.45, 7) is -0.0501. The van der Waals surface area contributed by atoms with E-state index in [4.69, 9.17) is 10.8 Å². The van der Waals surface area contributed by atoms with E-state index in [2.05, 4.69) is 4.74 Å². The highest BCUT2D eigenvalue weighted by atomic mass is 19.4. The highest BCUT2D eigenvalue weighted by molar-refractivity contribution is 5.31. The Morgan fingerprint density at radius 2 is 2.00 bits per heavy atom. The first-order valence-electron chi connectivity index (χ1n) is 5.25. The largest absolute Gasteiger partial charge is 0.573 e. The van der Waals surface area contributed by atoms with Crippen molar-refractivity contribution in [2.45, 2.75) is 25.2 Å². The van der Waals surface area contributed by atoms with Crippen molar-refractivity contribution in [1.82, 2.24) is 0 Å². The van der Waals surface area contributed by atoms with E-state index < -0.39 is 24.0 Å². The van der Waals surface area contributed by atoms with E-state index in [1.165, 1.54) is 6.07 Å². The van der Waals surface area contributed by atoms with E-state index in [-0.39, 0.29) is 6.61 Å². The molecule has 1 aromatic carbocycles. The summed E-state index contributed by atoms with van der Waals surface area (Å²) < 4.78 is 52.5. The Bertz CT molecular complexity index is 395. The summed E-state index contributed by atoms with van der Waals surface area (Å²) in [5.74, 6) is -2.01. The zero-order chi connectivity index (χ0) is 13.8. The Labute approximate surface area is 101 Å². The first-order chi connectivity index (χ1) is 8.33. The van der Waals surface area contributed by atoms with Crippen LogP contribution in [0.5, 0.6) is 5.75 Å². The predicted molar refractivity (Wildman–Crippen MR) is 56.3 cm³/mol. The molecule has 0 radical (unpaired) electrons. The lowest BCUT2D eigenvalue weighted by atomic mass is 10.0. The smallest absolute Gasteiger partial charge is 0.403 e. The van der Waals surface area contributed by atoms with E-state index >= 15 is 0 Å². The third-order valence-electron chi connectivity index (χ3n) is 2.28. The first-order valence-corrected chi connectivity index (χ1v) is 5.25.